The van der Waals surface area contributed by atoms with E-state index < -0.39 is 41.0 Å². The molecule has 0 aromatic heterocycles. The van der Waals surface area contributed by atoms with Gasteiger partial charge in [0, 0.05) is 17.4 Å². The van der Waals surface area contributed by atoms with Crippen LogP contribution in [-0.4, -0.2) is 18.6 Å². The summed E-state index contributed by atoms with van der Waals surface area (Å²) in [6, 6.07) is 4.63. The number of anilines is 2. The Hall–Kier alpha value is -3.44. The fourth-order valence-corrected chi connectivity index (χ4v) is 2.38. The van der Waals surface area contributed by atoms with Crippen LogP contribution in [0, 0.1) is 0 Å². The number of carbonyl (C=O) groups excluding carboxylic acids is 2. The Morgan fingerprint density at radius 2 is 1.24 bits per heavy atom. The Morgan fingerprint density at radius 1 is 0.724 bits per heavy atom. The molecule has 3 rings (SSSR count). The Balaban J connectivity index is 1.78. The van der Waals surface area contributed by atoms with E-state index in [0.29, 0.717) is 17.9 Å². The van der Waals surface area contributed by atoms with E-state index in [0.717, 1.165) is 0 Å². The number of fused-ring (bicyclic) bond motifs is 1. The van der Waals surface area contributed by atoms with Crippen molar-refractivity contribution in [2.45, 2.75) is 12.4 Å². The molecule has 0 unspecified atom stereocenters. The predicted molar refractivity (Wildman–Crippen MR) is 86.3 cm³/mol. The lowest BCUT2D eigenvalue weighted by molar-refractivity contribution is -0.143. The van der Waals surface area contributed by atoms with Gasteiger partial charge in [-0.2, -0.15) is 26.3 Å². The van der Waals surface area contributed by atoms with E-state index in [-0.39, 0.29) is 24.3 Å². The van der Waals surface area contributed by atoms with E-state index in [2.05, 4.69) is 5.32 Å². The van der Waals surface area contributed by atoms with Crippen LogP contribution in [0.15, 0.2) is 36.4 Å². The maximum atomic E-state index is 12.8. The molecule has 1 aliphatic rings. The van der Waals surface area contributed by atoms with Gasteiger partial charge in [-0.05, 0) is 30.3 Å². The van der Waals surface area contributed by atoms with E-state index in [4.69, 9.17) is 9.47 Å². The van der Waals surface area contributed by atoms with Crippen LogP contribution in [0.5, 0.6) is 11.5 Å². The summed E-state index contributed by atoms with van der Waals surface area (Å²) in [7, 11) is 0. The fraction of sp³-hybridized carbons (Fsp3) is 0.176. The van der Waals surface area contributed by atoms with Gasteiger partial charge in [-0.25, -0.2) is 0 Å². The summed E-state index contributed by atoms with van der Waals surface area (Å²) >= 11 is 0. The first kappa shape index (κ1) is 20.3. The van der Waals surface area contributed by atoms with Crippen molar-refractivity contribution < 1.29 is 45.4 Å². The highest BCUT2D eigenvalue weighted by Gasteiger charge is 2.37. The van der Waals surface area contributed by atoms with Crippen molar-refractivity contribution in [1.82, 2.24) is 0 Å². The lowest BCUT2D eigenvalue weighted by atomic mass is 10.1. The first-order chi connectivity index (χ1) is 13.4. The lowest BCUT2D eigenvalue weighted by Gasteiger charge is -2.14. The molecule has 0 bridgehead atoms. The minimum Gasteiger partial charge on any atom is -0.454 e. The summed E-state index contributed by atoms with van der Waals surface area (Å²) in [6.45, 7) is -0.0374. The van der Waals surface area contributed by atoms with Gasteiger partial charge in [0.25, 0.3) is 0 Å². The van der Waals surface area contributed by atoms with Crippen LogP contribution >= 0.6 is 0 Å². The second-order valence-electron chi connectivity index (χ2n) is 5.77. The summed E-state index contributed by atoms with van der Waals surface area (Å²) in [5, 5.41) is 3.88. The molecular weight excluding hydrogens is 410 g/mol. The van der Waals surface area contributed by atoms with Crippen molar-refractivity contribution in [2.75, 3.05) is 17.4 Å². The monoisotopic (exact) mass is 420 g/mol. The third-order valence-corrected chi connectivity index (χ3v) is 3.68. The second kappa shape index (κ2) is 7.18. The molecule has 29 heavy (non-hydrogen) atoms. The Morgan fingerprint density at radius 3 is 1.79 bits per heavy atom. The average molecular weight is 420 g/mol. The molecular formula is C17H10F6N2O4. The SMILES string of the molecule is O=C(Nc1cc(C(F)(F)F)cc(C(F)(F)F)c1)C(=O)Nc1ccc2c(c1)OCO2. The second-order valence-corrected chi connectivity index (χ2v) is 5.77. The summed E-state index contributed by atoms with van der Waals surface area (Å²) in [4.78, 5) is 23.9. The zero-order valence-corrected chi connectivity index (χ0v) is 14.1. The topological polar surface area (TPSA) is 76.7 Å². The van der Waals surface area contributed by atoms with Crippen LogP contribution in [0.4, 0.5) is 37.7 Å². The van der Waals surface area contributed by atoms with E-state index in [1.54, 1.807) is 5.32 Å². The number of rotatable bonds is 2. The van der Waals surface area contributed by atoms with Crippen molar-refractivity contribution in [3.05, 3.63) is 47.5 Å². The van der Waals surface area contributed by atoms with Crippen molar-refractivity contribution in [1.29, 1.82) is 0 Å². The van der Waals surface area contributed by atoms with Crippen LogP contribution in [0.3, 0.4) is 0 Å². The molecule has 0 atom stereocenters. The van der Waals surface area contributed by atoms with Crippen molar-refractivity contribution >= 4 is 23.2 Å². The standard InChI is InChI=1S/C17H10F6N2O4/c18-16(19,20)8-3-9(17(21,22)23)5-11(4-8)25-15(27)14(26)24-10-1-2-12-13(6-10)29-7-28-12/h1-6H,7H2,(H,24,26)(H,25,27). The molecule has 0 saturated carbocycles. The molecule has 0 aliphatic carbocycles. The molecule has 1 aliphatic heterocycles. The van der Waals surface area contributed by atoms with Gasteiger partial charge in [0.15, 0.2) is 11.5 Å². The van der Waals surface area contributed by atoms with E-state index >= 15 is 0 Å². The third kappa shape index (κ3) is 4.70. The average Bonchev–Trinajstić information content (AvgIpc) is 3.07. The first-order valence-electron chi connectivity index (χ1n) is 7.75. The Bertz CT molecular complexity index is 939. The number of hydrogen-bond donors (Lipinski definition) is 2. The Labute approximate surface area is 158 Å². The number of alkyl halides is 6. The van der Waals surface area contributed by atoms with Gasteiger partial charge in [0.2, 0.25) is 6.79 Å². The number of hydrogen-bond acceptors (Lipinski definition) is 4. The molecule has 2 aromatic rings. The third-order valence-electron chi connectivity index (χ3n) is 3.68. The summed E-state index contributed by atoms with van der Waals surface area (Å²) in [5.41, 5.74) is -3.98. The van der Waals surface area contributed by atoms with E-state index in [1.807, 2.05) is 0 Å². The Kier molecular flexibility index (Phi) is 5.03. The number of ether oxygens (including phenoxy) is 2. The molecule has 2 N–H and O–H groups in total. The number of benzene rings is 2. The van der Waals surface area contributed by atoms with E-state index in [9.17, 15) is 35.9 Å². The minimum atomic E-state index is -5.09. The highest BCUT2D eigenvalue weighted by atomic mass is 19.4. The van der Waals surface area contributed by atoms with Crippen LogP contribution in [0.1, 0.15) is 11.1 Å². The van der Waals surface area contributed by atoms with Gasteiger partial charge in [-0.15, -0.1) is 0 Å². The summed E-state index contributed by atoms with van der Waals surface area (Å²) in [6.07, 6.45) is -10.2. The van der Waals surface area contributed by atoms with Gasteiger partial charge < -0.3 is 20.1 Å². The number of nitrogens with one attached hydrogen (secondary N) is 2. The number of carbonyl (C=O) groups is 2. The van der Waals surface area contributed by atoms with Gasteiger partial charge in [0.05, 0.1) is 11.1 Å². The molecule has 0 saturated heterocycles. The smallest absolute Gasteiger partial charge is 0.416 e. The number of halogens is 6. The predicted octanol–water partition coefficient (Wildman–Crippen LogP) is 4.03. The molecule has 6 nitrogen and oxygen atoms in total. The highest BCUT2D eigenvalue weighted by molar-refractivity contribution is 6.43. The lowest BCUT2D eigenvalue weighted by Crippen LogP contribution is -2.29. The zero-order chi connectivity index (χ0) is 21.4. The molecule has 1 heterocycles. The normalized spacial score (nSPS) is 13.2. The van der Waals surface area contributed by atoms with Crippen molar-refractivity contribution in [3.63, 3.8) is 0 Å². The van der Waals surface area contributed by atoms with Crippen LogP contribution in [0.25, 0.3) is 0 Å². The fourth-order valence-electron chi connectivity index (χ4n) is 2.38. The molecule has 0 spiro atoms. The van der Waals surface area contributed by atoms with Crippen LogP contribution in [0.2, 0.25) is 0 Å². The van der Waals surface area contributed by atoms with E-state index in [1.165, 1.54) is 18.2 Å². The minimum absolute atomic E-state index is 0.0374. The van der Waals surface area contributed by atoms with Crippen molar-refractivity contribution in [2.24, 2.45) is 0 Å². The maximum Gasteiger partial charge on any atom is 0.416 e. The van der Waals surface area contributed by atoms with Gasteiger partial charge >= 0.3 is 24.2 Å². The van der Waals surface area contributed by atoms with Gasteiger partial charge in [0.1, 0.15) is 0 Å². The van der Waals surface area contributed by atoms with Crippen LogP contribution < -0.4 is 20.1 Å². The van der Waals surface area contributed by atoms with Gasteiger partial charge in [-0.3, -0.25) is 9.59 Å². The molecule has 0 radical (unpaired) electrons. The quantitative estimate of drug-likeness (QED) is 0.568. The molecule has 2 amide bonds. The van der Waals surface area contributed by atoms with Crippen molar-refractivity contribution in [3.8, 4) is 11.5 Å². The molecule has 0 fully saturated rings. The largest absolute Gasteiger partial charge is 0.454 e. The molecule has 154 valence electrons. The molecule has 12 heteroatoms. The summed E-state index contributed by atoms with van der Waals surface area (Å²) < 4.78 is 87.2. The zero-order valence-electron chi connectivity index (χ0n) is 14.1. The highest BCUT2D eigenvalue weighted by Crippen LogP contribution is 2.37. The summed E-state index contributed by atoms with van der Waals surface area (Å²) in [5.74, 6) is -2.09. The van der Waals surface area contributed by atoms with Gasteiger partial charge in [-0.1, -0.05) is 0 Å². The molecule has 2 aromatic carbocycles. The maximum absolute atomic E-state index is 12.8. The van der Waals surface area contributed by atoms with Crippen LogP contribution in [-0.2, 0) is 21.9 Å². The number of amides is 2. The first-order valence-corrected chi connectivity index (χ1v) is 7.75.